The average Bonchev–Trinajstić information content (AvgIpc) is 3.03. The summed E-state index contributed by atoms with van der Waals surface area (Å²) in [5.41, 5.74) is 0. The number of thioether (sulfide) groups is 1. The lowest BCUT2D eigenvalue weighted by Crippen LogP contribution is -2.46. The van der Waals surface area contributed by atoms with Gasteiger partial charge in [-0.1, -0.05) is 32.0 Å². The van der Waals surface area contributed by atoms with Crippen LogP contribution in [0.5, 0.6) is 0 Å². The van der Waals surface area contributed by atoms with Crippen molar-refractivity contribution < 1.29 is 0 Å². The second-order valence-electron chi connectivity index (χ2n) is 6.00. The Morgan fingerprint density at radius 1 is 1.33 bits per heavy atom. The van der Waals surface area contributed by atoms with Gasteiger partial charge < -0.3 is 10.6 Å². The fourth-order valence-corrected chi connectivity index (χ4v) is 3.94. The fraction of sp³-hybridized carbons (Fsp3) is 0.611. The Kier molecular flexibility index (Phi) is 10.8. The van der Waals surface area contributed by atoms with Crippen molar-refractivity contribution in [3.63, 3.8) is 0 Å². The van der Waals surface area contributed by atoms with Crippen molar-refractivity contribution in [2.24, 2.45) is 4.99 Å². The largest absolute Gasteiger partial charge is 0.355 e. The molecule has 0 aromatic heterocycles. The normalized spacial score (nSPS) is 19.6. The van der Waals surface area contributed by atoms with E-state index in [1.54, 1.807) is 0 Å². The lowest BCUT2D eigenvalue weighted by atomic mass is 10.2. The number of halogens is 1. The number of likely N-dealkylation sites (N-methyl/N-ethyl adjacent to an activating group) is 1. The standard InChI is InChI=1S/C18H30N4S.HI/c1-4-22-12-8-9-16(22)14-21-18(19-3)20-13-15(2)23-17-10-6-5-7-11-17;/h5-7,10-11,15-16H,4,8-9,12-14H2,1-3H3,(H2,19,20,21);1H. The fourth-order valence-electron chi connectivity index (χ4n) is 2.99. The molecule has 1 fully saturated rings. The van der Waals surface area contributed by atoms with E-state index in [0.29, 0.717) is 11.3 Å². The molecule has 1 aromatic carbocycles. The van der Waals surface area contributed by atoms with E-state index < -0.39 is 0 Å². The monoisotopic (exact) mass is 462 g/mol. The van der Waals surface area contributed by atoms with E-state index in [9.17, 15) is 0 Å². The topological polar surface area (TPSA) is 39.7 Å². The van der Waals surface area contributed by atoms with Gasteiger partial charge in [0, 0.05) is 36.3 Å². The lowest BCUT2D eigenvalue weighted by molar-refractivity contribution is 0.267. The van der Waals surface area contributed by atoms with Gasteiger partial charge in [-0.15, -0.1) is 35.7 Å². The molecule has 1 heterocycles. The highest BCUT2D eigenvalue weighted by molar-refractivity contribution is 14.0. The van der Waals surface area contributed by atoms with E-state index in [1.165, 1.54) is 24.3 Å². The van der Waals surface area contributed by atoms with E-state index in [-0.39, 0.29) is 24.0 Å². The molecule has 2 N–H and O–H groups in total. The van der Waals surface area contributed by atoms with Crippen LogP contribution in [0, 0.1) is 0 Å². The molecule has 0 amide bonds. The van der Waals surface area contributed by atoms with E-state index >= 15 is 0 Å². The Balaban J connectivity index is 0.00000288. The zero-order valence-corrected chi connectivity index (χ0v) is 18.1. The van der Waals surface area contributed by atoms with Gasteiger partial charge in [-0.2, -0.15) is 0 Å². The quantitative estimate of drug-likeness (QED) is 0.282. The minimum atomic E-state index is 0. The maximum atomic E-state index is 4.35. The molecule has 0 bridgehead atoms. The lowest BCUT2D eigenvalue weighted by Gasteiger charge is -2.24. The van der Waals surface area contributed by atoms with Crippen LogP contribution >= 0.6 is 35.7 Å². The van der Waals surface area contributed by atoms with Crippen LogP contribution in [0.15, 0.2) is 40.2 Å². The second kappa shape index (κ2) is 12.0. The SMILES string of the molecule is CCN1CCCC1CNC(=NC)NCC(C)Sc1ccccc1.I. The average molecular weight is 462 g/mol. The van der Waals surface area contributed by atoms with Crippen molar-refractivity contribution in [1.82, 2.24) is 15.5 Å². The number of hydrogen-bond acceptors (Lipinski definition) is 3. The first-order valence-electron chi connectivity index (χ1n) is 8.63. The van der Waals surface area contributed by atoms with E-state index in [1.807, 2.05) is 18.8 Å². The first kappa shape index (κ1) is 21.6. The van der Waals surface area contributed by atoms with Crippen LogP contribution in [-0.2, 0) is 0 Å². The molecule has 0 aliphatic carbocycles. The summed E-state index contributed by atoms with van der Waals surface area (Å²) in [5, 5.41) is 7.42. The highest BCUT2D eigenvalue weighted by atomic mass is 127. The highest BCUT2D eigenvalue weighted by Gasteiger charge is 2.22. The third-order valence-corrected chi connectivity index (χ3v) is 5.38. The van der Waals surface area contributed by atoms with Crippen LogP contribution in [0.25, 0.3) is 0 Å². The van der Waals surface area contributed by atoms with Gasteiger partial charge in [0.1, 0.15) is 0 Å². The molecule has 1 saturated heterocycles. The van der Waals surface area contributed by atoms with Gasteiger partial charge >= 0.3 is 0 Å². The molecule has 6 heteroatoms. The molecule has 136 valence electrons. The molecule has 1 aliphatic heterocycles. The van der Waals surface area contributed by atoms with E-state index in [0.717, 1.165) is 25.6 Å². The Morgan fingerprint density at radius 3 is 2.75 bits per heavy atom. The third-order valence-electron chi connectivity index (χ3n) is 4.27. The van der Waals surface area contributed by atoms with Crippen molar-refractivity contribution >= 4 is 41.7 Å². The molecule has 0 saturated carbocycles. The summed E-state index contributed by atoms with van der Waals surface area (Å²) in [7, 11) is 1.84. The minimum absolute atomic E-state index is 0. The Bertz CT molecular complexity index is 483. The number of hydrogen-bond donors (Lipinski definition) is 2. The van der Waals surface area contributed by atoms with Crippen molar-refractivity contribution in [1.29, 1.82) is 0 Å². The first-order chi connectivity index (χ1) is 11.2. The molecular weight excluding hydrogens is 431 g/mol. The van der Waals surface area contributed by atoms with Crippen molar-refractivity contribution in [2.75, 3.05) is 33.2 Å². The molecule has 0 radical (unpaired) electrons. The number of nitrogens with one attached hydrogen (secondary N) is 2. The van der Waals surface area contributed by atoms with Crippen LogP contribution in [0.3, 0.4) is 0 Å². The Hall–Kier alpha value is -0.470. The number of benzene rings is 1. The zero-order valence-electron chi connectivity index (χ0n) is 15.0. The number of nitrogens with zero attached hydrogens (tertiary/aromatic N) is 2. The van der Waals surface area contributed by atoms with Gasteiger partial charge in [0.05, 0.1) is 0 Å². The Labute approximate surface area is 168 Å². The van der Waals surface area contributed by atoms with Crippen molar-refractivity contribution in [3.8, 4) is 0 Å². The zero-order chi connectivity index (χ0) is 16.5. The predicted molar refractivity (Wildman–Crippen MR) is 117 cm³/mol. The van der Waals surface area contributed by atoms with Crippen LogP contribution < -0.4 is 10.6 Å². The summed E-state index contributed by atoms with van der Waals surface area (Å²) >= 11 is 1.89. The molecular formula is C18H31IN4S. The molecule has 2 atom stereocenters. The summed E-state index contributed by atoms with van der Waals surface area (Å²) in [6.07, 6.45) is 2.61. The highest BCUT2D eigenvalue weighted by Crippen LogP contribution is 2.21. The van der Waals surface area contributed by atoms with Gasteiger partial charge in [-0.3, -0.25) is 9.89 Å². The minimum Gasteiger partial charge on any atom is -0.355 e. The summed E-state index contributed by atoms with van der Waals surface area (Å²) in [6, 6.07) is 11.2. The number of guanidine groups is 1. The molecule has 1 aromatic rings. The van der Waals surface area contributed by atoms with Gasteiger partial charge in [-0.25, -0.2) is 0 Å². The van der Waals surface area contributed by atoms with E-state index in [4.69, 9.17) is 0 Å². The smallest absolute Gasteiger partial charge is 0.191 e. The maximum Gasteiger partial charge on any atom is 0.191 e. The summed E-state index contributed by atoms with van der Waals surface area (Å²) in [4.78, 5) is 8.21. The predicted octanol–water partition coefficient (Wildman–Crippen LogP) is 3.43. The first-order valence-corrected chi connectivity index (χ1v) is 9.51. The van der Waals surface area contributed by atoms with Crippen molar-refractivity contribution in [2.45, 2.75) is 42.9 Å². The number of rotatable bonds is 7. The van der Waals surface area contributed by atoms with Gasteiger partial charge in [0.2, 0.25) is 0 Å². The molecule has 2 unspecified atom stereocenters. The Morgan fingerprint density at radius 2 is 2.08 bits per heavy atom. The van der Waals surface area contributed by atoms with Crippen molar-refractivity contribution in [3.05, 3.63) is 30.3 Å². The van der Waals surface area contributed by atoms with Crippen LogP contribution in [0.4, 0.5) is 0 Å². The van der Waals surface area contributed by atoms with Gasteiger partial charge in [0.15, 0.2) is 5.96 Å². The third kappa shape index (κ3) is 7.19. The molecule has 0 spiro atoms. The second-order valence-corrected chi connectivity index (χ2v) is 7.51. The number of aliphatic imine (C=N–C) groups is 1. The summed E-state index contributed by atoms with van der Waals surface area (Å²) in [5.74, 6) is 0.911. The summed E-state index contributed by atoms with van der Waals surface area (Å²) in [6.45, 7) is 8.75. The van der Waals surface area contributed by atoms with Gasteiger partial charge in [-0.05, 0) is 38.1 Å². The maximum absolute atomic E-state index is 4.35. The van der Waals surface area contributed by atoms with Crippen LogP contribution in [0.2, 0.25) is 0 Å². The van der Waals surface area contributed by atoms with Crippen LogP contribution in [-0.4, -0.2) is 55.4 Å². The molecule has 1 aliphatic rings. The molecule has 4 nitrogen and oxygen atoms in total. The van der Waals surface area contributed by atoms with Gasteiger partial charge in [0.25, 0.3) is 0 Å². The molecule has 2 rings (SSSR count). The molecule has 24 heavy (non-hydrogen) atoms. The summed E-state index contributed by atoms with van der Waals surface area (Å²) < 4.78 is 0. The van der Waals surface area contributed by atoms with Crippen LogP contribution in [0.1, 0.15) is 26.7 Å². The van der Waals surface area contributed by atoms with E-state index in [2.05, 4.69) is 64.7 Å². The number of likely N-dealkylation sites (tertiary alicyclic amines) is 1.